The standard InChI is InChI=1S/C32H30N4O/c1-4-23-8-5-10-26(17-23)32(34-21-24-14-15-24)27-11-6-9-25(18-27)19-31(37)30-16-22(2)35-36(30)29-13-7-12-28(20-29)33-3/h4-13,16-18,20,24,32,34H,1,14-15,19,21H2,2H3. The number of aromatic nitrogens is 2. The van der Waals surface area contributed by atoms with Gasteiger partial charge in [0.15, 0.2) is 11.5 Å². The van der Waals surface area contributed by atoms with Gasteiger partial charge in [-0.15, -0.1) is 0 Å². The van der Waals surface area contributed by atoms with Gasteiger partial charge in [-0.2, -0.15) is 5.10 Å². The van der Waals surface area contributed by atoms with Crippen LogP contribution in [0.4, 0.5) is 5.69 Å². The summed E-state index contributed by atoms with van der Waals surface area (Å²) in [5.41, 5.74) is 6.89. The van der Waals surface area contributed by atoms with Crippen molar-refractivity contribution in [2.24, 2.45) is 5.92 Å². The van der Waals surface area contributed by atoms with Crippen molar-refractivity contribution in [1.29, 1.82) is 0 Å². The van der Waals surface area contributed by atoms with E-state index in [1.807, 2.05) is 43.3 Å². The van der Waals surface area contributed by atoms with Crippen LogP contribution in [0.25, 0.3) is 16.6 Å². The maximum Gasteiger partial charge on any atom is 0.189 e. The van der Waals surface area contributed by atoms with E-state index in [0.717, 1.165) is 34.8 Å². The van der Waals surface area contributed by atoms with E-state index in [0.29, 0.717) is 17.1 Å². The first-order valence-electron chi connectivity index (χ1n) is 12.7. The molecule has 4 aromatic rings. The fourth-order valence-corrected chi connectivity index (χ4v) is 4.65. The first-order valence-corrected chi connectivity index (χ1v) is 12.7. The van der Waals surface area contributed by atoms with Crippen LogP contribution in [0.1, 0.15) is 57.3 Å². The van der Waals surface area contributed by atoms with Crippen LogP contribution in [-0.4, -0.2) is 22.1 Å². The lowest BCUT2D eigenvalue weighted by molar-refractivity contribution is 0.0985. The van der Waals surface area contributed by atoms with Gasteiger partial charge in [-0.05, 0) is 78.7 Å². The third-order valence-electron chi connectivity index (χ3n) is 6.76. The SMILES string of the molecule is [C-]#[N+]c1cccc(-n2nc(C)cc2C(=O)Cc2cccc(C(NCC3CC3)c3cccc(C=C)c3)c2)c1. The van der Waals surface area contributed by atoms with Gasteiger partial charge < -0.3 is 5.32 Å². The number of ketones is 1. The average molecular weight is 487 g/mol. The van der Waals surface area contributed by atoms with E-state index >= 15 is 0 Å². The summed E-state index contributed by atoms with van der Waals surface area (Å²) in [5.74, 6) is 0.738. The number of hydrogen-bond acceptors (Lipinski definition) is 3. The lowest BCUT2D eigenvalue weighted by Gasteiger charge is -2.21. The molecule has 1 saturated carbocycles. The number of aryl methyl sites for hydroxylation is 1. The molecular formula is C32H30N4O. The van der Waals surface area contributed by atoms with Crippen LogP contribution in [0, 0.1) is 19.4 Å². The van der Waals surface area contributed by atoms with Crippen molar-refractivity contribution < 1.29 is 4.79 Å². The maximum atomic E-state index is 13.5. The van der Waals surface area contributed by atoms with Gasteiger partial charge in [0, 0.05) is 6.42 Å². The van der Waals surface area contributed by atoms with Gasteiger partial charge in [-0.3, -0.25) is 4.79 Å². The molecule has 1 heterocycles. The van der Waals surface area contributed by atoms with E-state index in [4.69, 9.17) is 6.57 Å². The van der Waals surface area contributed by atoms with Gasteiger partial charge in [-0.25, -0.2) is 9.53 Å². The van der Waals surface area contributed by atoms with Crippen LogP contribution in [0.15, 0.2) is 85.4 Å². The lowest BCUT2D eigenvalue weighted by atomic mass is 9.94. The number of hydrogen-bond donors (Lipinski definition) is 1. The van der Waals surface area contributed by atoms with Crippen molar-refractivity contribution in [2.75, 3.05) is 6.54 Å². The third-order valence-corrected chi connectivity index (χ3v) is 6.76. The molecule has 0 spiro atoms. The largest absolute Gasteiger partial charge is 0.306 e. The molecule has 0 aliphatic heterocycles. The number of Topliss-reactive ketones (excluding diaryl/α,β-unsaturated/α-hetero) is 1. The van der Waals surface area contributed by atoms with Crippen LogP contribution in [0.2, 0.25) is 0 Å². The lowest BCUT2D eigenvalue weighted by Crippen LogP contribution is -2.25. The fourth-order valence-electron chi connectivity index (χ4n) is 4.65. The van der Waals surface area contributed by atoms with Crippen LogP contribution < -0.4 is 5.32 Å². The number of nitrogens with one attached hydrogen (secondary N) is 1. The van der Waals surface area contributed by atoms with E-state index < -0.39 is 0 Å². The summed E-state index contributed by atoms with van der Waals surface area (Å²) < 4.78 is 1.65. The highest BCUT2D eigenvalue weighted by atomic mass is 16.1. The Balaban J connectivity index is 1.42. The monoisotopic (exact) mass is 486 g/mol. The third kappa shape index (κ3) is 5.77. The number of nitrogens with zero attached hydrogens (tertiary/aromatic N) is 3. The Morgan fingerprint density at radius 1 is 1.11 bits per heavy atom. The number of rotatable bonds is 10. The molecule has 1 aliphatic rings. The summed E-state index contributed by atoms with van der Waals surface area (Å²) in [7, 11) is 0. The Labute approximate surface area is 218 Å². The number of carbonyl (C=O) groups is 1. The van der Waals surface area contributed by atoms with Gasteiger partial charge in [0.1, 0.15) is 5.69 Å². The van der Waals surface area contributed by atoms with Crippen LogP contribution in [0.3, 0.4) is 0 Å². The molecule has 0 amide bonds. The zero-order chi connectivity index (χ0) is 25.8. The Bertz CT molecular complexity index is 1490. The molecule has 1 aromatic heterocycles. The number of carbonyl (C=O) groups excluding carboxylic acids is 1. The van der Waals surface area contributed by atoms with E-state index in [1.165, 1.54) is 18.4 Å². The summed E-state index contributed by atoms with van der Waals surface area (Å²) in [6, 6.07) is 25.8. The normalized spacial score (nSPS) is 13.6. The van der Waals surface area contributed by atoms with Gasteiger partial charge in [-0.1, -0.05) is 67.3 Å². The first-order chi connectivity index (χ1) is 18.0. The van der Waals surface area contributed by atoms with Crippen molar-refractivity contribution in [3.05, 3.63) is 131 Å². The van der Waals surface area contributed by atoms with Gasteiger partial charge >= 0.3 is 0 Å². The molecule has 1 atom stereocenters. The Hall–Kier alpha value is -4.27. The highest BCUT2D eigenvalue weighted by Crippen LogP contribution is 2.31. The fraction of sp³-hybridized carbons (Fsp3) is 0.219. The van der Waals surface area contributed by atoms with E-state index in [-0.39, 0.29) is 18.2 Å². The minimum absolute atomic E-state index is 0.0119. The second-order valence-electron chi connectivity index (χ2n) is 9.72. The summed E-state index contributed by atoms with van der Waals surface area (Å²) in [6.07, 6.45) is 4.71. The van der Waals surface area contributed by atoms with Crippen molar-refractivity contribution >= 4 is 17.5 Å². The van der Waals surface area contributed by atoms with Gasteiger partial charge in [0.25, 0.3) is 0 Å². The summed E-state index contributed by atoms with van der Waals surface area (Å²) >= 11 is 0. The second kappa shape index (κ2) is 10.8. The summed E-state index contributed by atoms with van der Waals surface area (Å²) in [6.45, 7) is 14.1. The van der Waals surface area contributed by atoms with Gasteiger partial charge in [0.2, 0.25) is 0 Å². The zero-order valence-electron chi connectivity index (χ0n) is 21.0. The highest BCUT2D eigenvalue weighted by Gasteiger charge is 2.24. The molecule has 5 heteroatoms. The second-order valence-corrected chi connectivity index (χ2v) is 9.72. The summed E-state index contributed by atoms with van der Waals surface area (Å²) in [5, 5.41) is 8.31. The van der Waals surface area contributed by atoms with E-state index in [1.54, 1.807) is 16.8 Å². The van der Waals surface area contributed by atoms with E-state index in [9.17, 15) is 4.79 Å². The van der Waals surface area contributed by atoms with Crippen LogP contribution in [-0.2, 0) is 6.42 Å². The first kappa shape index (κ1) is 24.4. The molecule has 5 nitrogen and oxygen atoms in total. The molecule has 0 radical (unpaired) electrons. The predicted octanol–water partition coefficient (Wildman–Crippen LogP) is 6.89. The van der Waals surface area contributed by atoms with Crippen molar-refractivity contribution in [1.82, 2.24) is 15.1 Å². The average Bonchev–Trinajstić information content (AvgIpc) is 3.67. The topological polar surface area (TPSA) is 51.3 Å². The molecule has 1 aliphatic carbocycles. The quantitative estimate of drug-likeness (QED) is 0.196. The molecule has 5 rings (SSSR count). The predicted molar refractivity (Wildman–Crippen MR) is 148 cm³/mol. The highest BCUT2D eigenvalue weighted by molar-refractivity contribution is 5.96. The van der Waals surface area contributed by atoms with Crippen LogP contribution >= 0.6 is 0 Å². The molecule has 0 bridgehead atoms. The molecule has 0 saturated heterocycles. The molecular weight excluding hydrogens is 456 g/mol. The molecule has 37 heavy (non-hydrogen) atoms. The molecule has 1 unspecified atom stereocenters. The minimum Gasteiger partial charge on any atom is -0.306 e. The zero-order valence-corrected chi connectivity index (χ0v) is 21.0. The van der Waals surface area contributed by atoms with Crippen molar-refractivity contribution in [2.45, 2.75) is 32.2 Å². The molecule has 3 aromatic carbocycles. The van der Waals surface area contributed by atoms with Crippen molar-refractivity contribution in [3.8, 4) is 5.69 Å². The maximum absolute atomic E-state index is 13.5. The minimum atomic E-state index is -0.0119. The molecule has 184 valence electrons. The Morgan fingerprint density at radius 3 is 2.62 bits per heavy atom. The Kier molecular flexibility index (Phi) is 7.11. The van der Waals surface area contributed by atoms with E-state index in [2.05, 4.69) is 58.2 Å². The van der Waals surface area contributed by atoms with Crippen LogP contribution in [0.5, 0.6) is 0 Å². The number of benzene rings is 3. The Morgan fingerprint density at radius 2 is 1.86 bits per heavy atom. The van der Waals surface area contributed by atoms with Crippen molar-refractivity contribution in [3.63, 3.8) is 0 Å². The smallest absolute Gasteiger partial charge is 0.189 e. The van der Waals surface area contributed by atoms with Gasteiger partial charge in [0.05, 0.1) is 24.0 Å². The molecule has 1 fully saturated rings. The summed E-state index contributed by atoms with van der Waals surface area (Å²) in [4.78, 5) is 17.0. The molecule has 1 N–H and O–H groups in total.